The van der Waals surface area contributed by atoms with Gasteiger partial charge < -0.3 is 24.4 Å². The van der Waals surface area contributed by atoms with Gasteiger partial charge in [0.1, 0.15) is 0 Å². The first-order chi connectivity index (χ1) is 16.0. The van der Waals surface area contributed by atoms with Gasteiger partial charge in [-0.3, -0.25) is 14.5 Å². The van der Waals surface area contributed by atoms with Gasteiger partial charge in [0, 0.05) is 49.3 Å². The standard InChI is InChI=1S/C24H27N3O5S/c1-30-18-9-8-16(22(31-2)23(18)32-3)15-26-10-12-27(13-11-26)21(28)14-20-24(29)25-17-6-4-5-7-19(17)33-20/h4-9,14H,10-13,15H2,1-3H3,(H,25,29). The number of benzene rings is 2. The molecule has 0 aromatic heterocycles. The second kappa shape index (κ2) is 10.2. The summed E-state index contributed by atoms with van der Waals surface area (Å²) in [4.78, 5) is 30.6. The number of ether oxygens (including phenoxy) is 3. The highest BCUT2D eigenvalue weighted by molar-refractivity contribution is 8.04. The Labute approximate surface area is 197 Å². The van der Waals surface area contributed by atoms with E-state index in [1.165, 1.54) is 17.8 Å². The van der Waals surface area contributed by atoms with Crippen molar-refractivity contribution < 1.29 is 23.8 Å². The SMILES string of the molecule is COc1ccc(CN2CCN(C(=O)C=C3Sc4ccccc4NC3=O)CC2)c(OC)c1OC. The van der Waals surface area contributed by atoms with Crippen molar-refractivity contribution in [3.63, 3.8) is 0 Å². The average Bonchev–Trinajstić information content (AvgIpc) is 2.84. The summed E-state index contributed by atoms with van der Waals surface area (Å²) in [5, 5.41) is 2.84. The van der Waals surface area contributed by atoms with Gasteiger partial charge in [-0.15, -0.1) is 0 Å². The Morgan fingerprint density at radius 3 is 2.42 bits per heavy atom. The Balaban J connectivity index is 1.38. The number of carbonyl (C=O) groups excluding carboxylic acids is 2. The third kappa shape index (κ3) is 4.94. The highest BCUT2D eigenvalue weighted by Gasteiger charge is 2.26. The number of piperazine rings is 1. The van der Waals surface area contributed by atoms with Crippen molar-refractivity contribution >= 4 is 29.3 Å². The fraction of sp³-hybridized carbons (Fsp3) is 0.333. The zero-order chi connectivity index (χ0) is 23.4. The third-order valence-electron chi connectivity index (χ3n) is 5.70. The number of methoxy groups -OCH3 is 3. The van der Waals surface area contributed by atoms with Gasteiger partial charge in [-0.1, -0.05) is 30.0 Å². The fourth-order valence-corrected chi connectivity index (χ4v) is 4.88. The van der Waals surface area contributed by atoms with Crippen molar-refractivity contribution in [2.75, 3.05) is 52.8 Å². The van der Waals surface area contributed by atoms with Crippen LogP contribution in [0.15, 0.2) is 52.3 Å². The van der Waals surface area contributed by atoms with Crippen molar-refractivity contribution in [3.05, 3.63) is 52.9 Å². The minimum Gasteiger partial charge on any atom is -0.493 e. The molecule has 2 heterocycles. The summed E-state index contributed by atoms with van der Waals surface area (Å²) in [5.41, 5.74) is 1.77. The molecule has 0 radical (unpaired) electrons. The number of para-hydroxylation sites is 1. The maximum atomic E-state index is 12.8. The first kappa shape index (κ1) is 23.0. The number of amides is 2. The minimum atomic E-state index is -0.244. The number of nitrogens with zero attached hydrogens (tertiary/aromatic N) is 2. The van der Waals surface area contributed by atoms with Gasteiger partial charge in [0.15, 0.2) is 11.5 Å². The molecule has 1 saturated heterocycles. The van der Waals surface area contributed by atoms with Crippen LogP contribution in [-0.2, 0) is 16.1 Å². The van der Waals surface area contributed by atoms with Crippen LogP contribution in [0, 0.1) is 0 Å². The number of fused-ring (bicyclic) bond motifs is 1. The molecule has 8 nitrogen and oxygen atoms in total. The molecule has 0 spiro atoms. The predicted octanol–water partition coefficient (Wildman–Crippen LogP) is 2.98. The summed E-state index contributed by atoms with van der Waals surface area (Å²) >= 11 is 1.33. The van der Waals surface area contributed by atoms with Gasteiger partial charge in [0.2, 0.25) is 11.7 Å². The van der Waals surface area contributed by atoms with Crippen molar-refractivity contribution in [1.82, 2.24) is 9.80 Å². The number of anilines is 1. The highest BCUT2D eigenvalue weighted by atomic mass is 32.2. The summed E-state index contributed by atoms with van der Waals surface area (Å²) in [7, 11) is 4.80. The van der Waals surface area contributed by atoms with Crippen LogP contribution in [-0.4, -0.2) is 69.1 Å². The smallest absolute Gasteiger partial charge is 0.262 e. The summed E-state index contributed by atoms with van der Waals surface area (Å²) in [6.07, 6.45) is 1.45. The lowest BCUT2D eigenvalue weighted by atomic mass is 10.1. The Morgan fingerprint density at radius 2 is 1.73 bits per heavy atom. The van der Waals surface area contributed by atoms with Gasteiger partial charge in [0.05, 0.1) is 31.9 Å². The van der Waals surface area contributed by atoms with Crippen molar-refractivity contribution in [2.24, 2.45) is 0 Å². The zero-order valence-electron chi connectivity index (χ0n) is 18.9. The second-order valence-electron chi connectivity index (χ2n) is 7.66. The van der Waals surface area contributed by atoms with Gasteiger partial charge in [-0.05, 0) is 18.2 Å². The van der Waals surface area contributed by atoms with E-state index < -0.39 is 0 Å². The Morgan fingerprint density at radius 1 is 1.00 bits per heavy atom. The lowest BCUT2D eigenvalue weighted by molar-refractivity contribution is -0.128. The Kier molecular flexibility index (Phi) is 7.10. The molecule has 2 aliphatic rings. The zero-order valence-corrected chi connectivity index (χ0v) is 19.7. The molecule has 0 atom stereocenters. The van der Waals surface area contributed by atoms with Crippen molar-refractivity contribution in [2.45, 2.75) is 11.4 Å². The molecular weight excluding hydrogens is 442 g/mol. The van der Waals surface area contributed by atoms with Gasteiger partial charge in [0.25, 0.3) is 5.91 Å². The number of hydrogen-bond acceptors (Lipinski definition) is 7. The monoisotopic (exact) mass is 469 g/mol. The quantitative estimate of drug-likeness (QED) is 0.652. The molecule has 2 aliphatic heterocycles. The van der Waals surface area contributed by atoms with Crippen LogP contribution in [0.25, 0.3) is 0 Å². The molecule has 2 aromatic rings. The van der Waals surface area contributed by atoms with Crippen LogP contribution in [0.3, 0.4) is 0 Å². The molecule has 1 fully saturated rings. The molecule has 174 valence electrons. The van der Waals surface area contributed by atoms with Crippen molar-refractivity contribution in [3.8, 4) is 17.2 Å². The molecule has 0 unspecified atom stereocenters. The van der Waals surface area contributed by atoms with E-state index in [4.69, 9.17) is 14.2 Å². The second-order valence-corrected chi connectivity index (χ2v) is 8.74. The lowest BCUT2D eigenvalue weighted by Gasteiger charge is -2.34. The first-order valence-corrected chi connectivity index (χ1v) is 11.4. The first-order valence-electron chi connectivity index (χ1n) is 10.6. The number of thioether (sulfide) groups is 1. The molecule has 4 rings (SSSR count). The highest BCUT2D eigenvalue weighted by Crippen LogP contribution is 2.40. The number of rotatable bonds is 6. The Bertz CT molecular complexity index is 1080. The van der Waals surface area contributed by atoms with E-state index in [1.807, 2.05) is 36.4 Å². The van der Waals surface area contributed by atoms with E-state index >= 15 is 0 Å². The summed E-state index contributed by atoms with van der Waals surface area (Å²) in [6, 6.07) is 11.4. The van der Waals surface area contributed by atoms with Crippen LogP contribution in [0.5, 0.6) is 17.2 Å². The number of carbonyl (C=O) groups is 2. The largest absolute Gasteiger partial charge is 0.493 e. The van der Waals surface area contributed by atoms with Crippen molar-refractivity contribution in [1.29, 1.82) is 0 Å². The van der Waals surface area contributed by atoms with Gasteiger partial charge in [-0.2, -0.15) is 0 Å². The molecule has 2 amide bonds. The predicted molar refractivity (Wildman–Crippen MR) is 127 cm³/mol. The van der Waals surface area contributed by atoms with E-state index in [0.29, 0.717) is 54.9 Å². The normalized spacial score (nSPS) is 17.4. The van der Waals surface area contributed by atoms with E-state index in [-0.39, 0.29) is 11.8 Å². The van der Waals surface area contributed by atoms with Crippen LogP contribution >= 0.6 is 11.8 Å². The molecular formula is C24H27N3O5S. The summed E-state index contributed by atoms with van der Waals surface area (Å²) < 4.78 is 16.4. The Hall–Kier alpha value is -3.17. The molecule has 1 N–H and O–H groups in total. The van der Waals surface area contributed by atoms with E-state index in [9.17, 15) is 9.59 Å². The average molecular weight is 470 g/mol. The molecule has 33 heavy (non-hydrogen) atoms. The van der Waals surface area contributed by atoms with E-state index in [1.54, 1.807) is 26.2 Å². The van der Waals surface area contributed by atoms with E-state index in [2.05, 4.69) is 10.2 Å². The maximum Gasteiger partial charge on any atom is 0.262 e. The van der Waals surface area contributed by atoms with Gasteiger partial charge >= 0.3 is 0 Å². The molecule has 9 heteroatoms. The molecule has 0 bridgehead atoms. The summed E-state index contributed by atoms with van der Waals surface area (Å²) in [6.45, 7) is 3.27. The van der Waals surface area contributed by atoms with Crippen LogP contribution in [0.2, 0.25) is 0 Å². The molecule has 2 aromatic carbocycles. The van der Waals surface area contributed by atoms with E-state index in [0.717, 1.165) is 16.1 Å². The van der Waals surface area contributed by atoms with Crippen LogP contribution < -0.4 is 19.5 Å². The third-order valence-corrected chi connectivity index (χ3v) is 6.80. The molecule has 0 saturated carbocycles. The maximum absolute atomic E-state index is 12.8. The topological polar surface area (TPSA) is 80.3 Å². The fourth-order valence-electron chi connectivity index (χ4n) is 3.96. The van der Waals surface area contributed by atoms with Crippen LogP contribution in [0.4, 0.5) is 5.69 Å². The number of nitrogens with one attached hydrogen (secondary N) is 1. The summed E-state index contributed by atoms with van der Waals surface area (Å²) in [5.74, 6) is 1.46. The van der Waals surface area contributed by atoms with Gasteiger partial charge in [-0.25, -0.2) is 0 Å². The van der Waals surface area contributed by atoms with Crippen LogP contribution in [0.1, 0.15) is 5.56 Å². The minimum absolute atomic E-state index is 0.143. The lowest BCUT2D eigenvalue weighted by Crippen LogP contribution is -2.48. The number of hydrogen-bond donors (Lipinski definition) is 1. The molecule has 0 aliphatic carbocycles.